The Kier molecular flexibility index (Phi) is 14.3. The van der Waals surface area contributed by atoms with Crippen LogP contribution in [0.3, 0.4) is 0 Å². The second-order valence-corrected chi connectivity index (χ2v) is 10.8. The number of methoxy groups -OCH3 is 1. The maximum Gasteiger partial charge on any atom is 0.378 e. The van der Waals surface area contributed by atoms with Crippen LogP contribution in [0.5, 0.6) is 5.75 Å². The summed E-state index contributed by atoms with van der Waals surface area (Å²) in [5, 5.41) is 16.0. The third kappa shape index (κ3) is 13.3. The van der Waals surface area contributed by atoms with Crippen LogP contribution in [0.1, 0.15) is 66.1 Å². The lowest BCUT2D eigenvalue weighted by atomic mass is 9.86. The number of rotatable bonds is 13. The smallest absolute Gasteiger partial charge is 0.378 e. The van der Waals surface area contributed by atoms with Crippen molar-refractivity contribution in [1.82, 2.24) is 10.6 Å². The number of allylic oxidation sites excluding steroid dienone is 6. The van der Waals surface area contributed by atoms with E-state index in [0.717, 1.165) is 5.57 Å². The van der Waals surface area contributed by atoms with E-state index in [1.165, 1.54) is 19.4 Å². The number of nitrogens with one attached hydrogen (secondary N) is 2. The Hall–Kier alpha value is -3.36. The van der Waals surface area contributed by atoms with Crippen LogP contribution in [0.2, 0.25) is 0 Å². The van der Waals surface area contributed by atoms with Crippen molar-refractivity contribution in [3.63, 3.8) is 0 Å². The molecule has 0 unspecified atom stereocenters. The summed E-state index contributed by atoms with van der Waals surface area (Å²) in [6, 6.07) is 2.50. The number of ether oxygens (including phenoxy) is 1. The van der Waals surface area contributed by atoms with Gasteiger partial charge in [0, 0.05) is 17.0 Å². The fourth-order valence-corrected chi connectivity index (χ4v) is 3.49. The number of hydrogen-bond acceptors (Lipinski definition) is 6. The van der Waals surface area contributed by atoms with Crippen LogP contribution in [-0.2, 0) is 9.59 Å². The third-order valence-corrected chi connectivity index (χ3v) is 5.70. The van der Waals surface area contributed by atoms with Crippen molar-refractivity contribution in [3.05, 3.63) is 87.7 Å². The summed E-state index contributed by atoms with van der Waals surface area (Å²) < 4.78 is 10.2. The van der Waals surface area contributed by atoms with Crippen LogP contribution in [0.15, 0.2) is 80.7 Å². The lowest BCUT2D eigenvalue weighted by Crippen LogP contribution is -2.52. The molecule has 0 fully saturated rings. The third-order valence-electron chi connectivity index (χ3n) is 5.55. The Morgan fingerprint density at radius 1 is 1.15 bits per heavy atom. The second kappa shape index (κ2) is 16.6. The van der Waals surface area contributed by atoms with E-state index in [1.807, 2.05) is 46.8 Å². The van der Waals surface area contributed by atoms with Gasteiger partial charge in [0.05, 0.1) is 13.2 Å². The van der Waals surface area contributed by atoms with Gasteiger partial charge in [-0.05, 0) is 50.4 Å². The molecule has 8 nitrogen and oxygen atoms in total. The van der Waals surface area contributed by atoms with Crippen LogP contribution in [0.25, 0.3) is 0 Å². The molecule has 2 amide bonds. The summed E-state index contributed by atoms with van der Waals surface area (Å²) in [5.74, 6) is -0.248. The lowest BCUT2D eigenvalue weighted by molar-refractivity contribution is -0.129. The van der Waals surface area contributed by atoms with Gasteiger partial charge in [-0.15, -0.1) is 0 Å². The summed E-state index contributed by atoms with van der Waals surface area (Å²) in [6.45, 7) is 11.1. The maximum atomic E-state index is 12.7. The highest BCUT2D eigenvalue weighted by atomic mass is 35.5. The number of amides is 2. The van der Waals surface area contributed by atoms with Gasteiger partial charge in [-0.2, -0.15) is 0 Å². The minimum absolute atomic E-state index is 0.143. The molecule has 0 aliphatic heterocycles. The van der Waals surface area contributed by atoms with E-state index in [-0.39, 0.29) is 17.6 Å². The second-order valence-electron chi connectivity index (χ2n) is 10.2. The highest BCUT2D eigenvalue weighted by Gasteiger charge is 2.31. The first kappa shape index (κ1) is 33.7. The Labute approximate surface area is 236 Å². The maximum absolute atomic E-state index is 12.7. The quantitative estimate of drug-likeness (QED) is 0.224. The van der Waals surface area contributed by atoms with Gasteiger partial charge in [0.15, 0.2) is 0 Å². The molecule has 0 radical (unpaired) electrons. The molecule has 0 saturated heterocycles. The molecular weight excluding hydrogens is 520 g/mol. The fourth-order valence-electron chi connectivity index (χ4n) is 3.41. The van der Waals surface area contributed by atoms with Crippen LogP contribution < -0.4 is 21.0 Å². The van der Waals surface area contributed by atoms with Gasteiger partial charge in [0.25, 0.3) is 0 Å². The molecule has 0 saturated carbocycles. The van der Waals surface area contributed by atoms with Crippen molar-refractivity contribution >= 4 is 23.4 Å². The number of carbonyl (C=O) groups excluding carboxylic acids is 2. The minimum Gasteiger partial charge on any atom is -0.490 e. The molecule has 0 bridgehead atoms. The zero-order valence-electron chi connectivity index (χ0n) is 23.8. The first-order valence-electron chi connectivity index (χ1n) is 12.7. The number of aliphatic hydroxyl groups excluding tert-OH is 1. The SMILES string of the molecule is COc1ccc([C@@H](C)/C=C(C)/C=C\C=C/C(=O)N[C@H](C(=O)N/C=C\C[C@H](O)C/C=C(\C)Cl)C(C)(C)C)oc1=O. The number of aliphatic hydroxyl groups is 1. The van der Waals surface area contributed by atoms with E-state index in [9.17, 15) is 19.5 Å². The summed E-state index contributed by atoms with van der Waals surface area (Å²) in [4.78, 5) is 37.1. The molecule has 1 rings (SSSR count). The average molecular weight is 561 g/mol. The fraction of sp³-hybridized carbons (Fsp3) is 0.433. The van der Waals surface area contributed by atoms with Gasteiger partial charge in [0.1, 0.15) is 11.8 Å². The highest BCUT2D eigenvalue weighted by molar-refractivity contribution is 6.29. The van der Waals surface area contributed by atoms with Gasteiger partial charge in [-0.3, -0.25) is 9.59 Å². The van der Waals surface area contributed by atoms with Crippen molar-refractivity contribution in [2.45, 2.75) is 72.4 Å². The first-order valence-corrected chi connectivity index (χ1v) is 13.1. The number of halogens is 1. The zero-order chi connectivity index (χ0) is 29.6. The molecule has 214 valence electrons. The average Bonchev–Trinajstić information content (AvgIpc) is 2.85. The van der Waals surface area contributed by atoms with Gasteiger partial charge in [0.2, 0.25) is 17.6 Å². The van der Waals surface area contributed by atoms with Crippen molar-refractivity contribution in [2.75, 3.05) is 7.11 Å². The van der Waals surface area contributed by atoms with Gasteiger partial charge in [-0.1, -0.05) is 81.3 Å². The van der Waals surface area contributed by atoms with Crippen molar-refractivity contribution < 1.29 is 23.8 Å². The Morgan fingerprint density at radius 2 is 1.82 bits per heavy atom. The molecule has 39 heavy (non-hydrogen) atoms. The predicted molar refractivity (Wildman–Crippen MR) is 156 cm³/mol. The molecule has 9 heteroatoms. The van der Waals surface area contributed by atoms with Gasteiger partial charge < -0.3 is 24.9 Å². The van der Waals surface area contributed by atoms with Crippen molar-refractivity contribution in [1.29, 1.82) is 0 Å². The number of carbonyl (C=O) groups is 2. The lowest BCUT2D eigenvalue weighted by Gasteiger charge is -2.29. The van der Waals surface area contributed by atoms with Crippen molar-refractivity contribution in [3.8, 4) is 5.75 Å². The molecule has 0 aliphatic rings. The zero-order valence-corrected chi connectivity index (χ0v) is 24.5. The molecule has 0 aromatic carbocycles. The molecule has 3 atom stereocenters. The summed E-state index contributed by atoms with van der Waals surface area (Å²) in [7, 11) is 1.41. The molecule has 3 N–H and O–H groups in total. The van der Waals surface area contributed by atoms with E-state index in [0.29, 0.717) is 23.6 Å². The summed E-state index contributed by atoms with van der Waals surface area (Å²) in [5.41, 5.74) is -0.158. The standard InChI is InChI=1S/C30H41ClN2O6/c1-20(19-21(2)24-16-17-25(38-7)29(37)39-24)11-8-9-13-26(35)33-27(30(4,5)6)28(36)32-18-10-12-23(34)15-14-22(3)31/h8-11,13-14,16-19,21,23,27,34H,12,15H2,1-7H3,(H,32,36)(H,33,35)/b11-8-,13-9-,18-10-,20-19+,22-14+/t21-,23-,27+/m0/s1. The Balaban J connectivity index is 2.70. The molecule has 1 aromatic heterocycles. The monoisotopic (exact) mass is 560 g/mol. The van der Waals surface area contributed by atoms with E-state index in [1.54, 1.807) is 43.4 Å². The molecular formula is C30H41ClN2O6. The van der Waals surface area contributed by atoms with Gasteiger partial charge >= 0.3 is 5.63 Å². The normalized spacial score (nSPS) is 15.5. The van der Waals surface area contributed by atoms with Crippen LogP contribution >= 0.6 is 11.6 Å². The molecule has 0 aliphatic carbocycles. The number of hydrogen-bond donors (Lipinski definition) is 3. The summed E-state index contributed by atoms with van der Waals surface area (Å²) >= 11 is 5.76. The van der Waals surface area contributed by atoms with Crippen molar-refractivity contribution in [2.24, 2.45) is 5.41 Å². The predicted octanol–water partition coefficient (Wildman–Crippen LogP) is 5.26. The Bertz CT molecular complexity index is 1170. The molecule has 0 spiro atoms. The largest absolute Gasteiger partial charge is 0.490 e. The van der Waals surface area contributed by atoms with Crippen LogP contribution in [0, 0.1) is 5.41 Å². The van der Waals surface area contributed by atoms with E-state index in [4.69, 9.17) is 20.8 Å². The highest BCUT2D eigenvalue weighted by Crippen LogP contribution is 2.20. The van der Waals surface area contributed by atoms with Gasteiger partial charge in [-0.25, -0.2) is 4.79 Å². The van der Waals surface area contributed by atoms with Crippen LogP contribution in [0.4, 0.5) is 0 Å². The molecule has 1 heterocycles. The minimum atomic E-state index is -0.781. The first-order chi connectivity index (χ1) is 18.2. The van der Waals surface area contributed by atoms with E-state index in [2.05, 4.69) is 10.6 Å². The summed E-state index contributed by atoms with van der Waals surface area (Å²) in [6.07, 6.45) is 13.4. The molecule has 1 aromatic rings. The van der Waals surface area contributed by atoms with E-state index < -0.39 is 29.1 Å². The Morgan fingerprint density at radius 3 is 2.41 bits per heavy atom. The van der Waals surface area contributed by atoms with E-state index >= 15 is 0 Å². The van der Waals surface area contributed by atoms with Crippen LogP contribution in [-0.4, -0.2) is 36.2 Å². The topological polar surface area (TPSA) is 118 Å².